The molecule has 0 spiro atoms. The first-order valence-corrected chi connectivity index (χ1v) is 8.65. The predicted octanol–water partition coefficient (Wildman–Crippen LogP) is 2.49. The van der Waals surface area contributed by atoms with Crippen molar-refractivity contribution in [2.24, 2.45) is 23.7 Å². The van der Waals surface area contributed by atoms with Crippen molar-refractivity contribution in [3.05, 3.63) is 11.3 Å². The number of carboxylic acid groups (broad SMARTS) is 1. The number of amides is 1. The summed E-state index contributed by atoms with van der Waals surface area (Å²) in [4.78, 5) is 35.5. The summed E-state index contributed by atoms with van der Waals surface area (Å²) in [7, 11) is 0. The number of hydrogen-bond acceptors (Lipinski definition) is 4. The number of carboxylic acids is 1. The first-order chi connectivity index (χ1) is 11.2. The van der Waals surface area contributed by atoms with Crippen LogP contribution >= 0.6 is 0 Å². The maximum absolute atomic E-state index is 12.6. The van der Waals surface area contributed by atoms with Gasteiger partial charge in [-0.05, 0) is 43.9 Å². The first kappa shape index (κ1) is 18.5. The highest BCUT2D eigenvalue weighted by Crippen LogP contribution is 2.36. The number of carbonyl (C=O) groups is 3. The summed E-state index contributed by atoms with van der Waals surface area (Å²) in [6, 6.07) is 0. The Morgan fingerprint density at radius 3 is 2.58 bits per heavy atom. The number of allylic oxidation sites excluding steroid dienone is 1. The summed E-state index contributed by atoms with van der Waals surface area (Å²) in [5.74, 6) is -1.75. The number of esters is 1. The highest BCUT2D eigenvalue weighted by molar-refractivity contribution is 6.03. The maximum atomic E-state index is 12.6. The molecule has 134 valence electrons. The van der Waals surface area contributed by atoms with E-state index in [4.69, 9.17) is 9.84 Å². The molecule has 1 aliphatic heterocycles. The summed E-state index contributed by atoms with van der Waals surface area (Å²) in [5.41, 5.74) is 0.571. The van der Waals surface area contributed by atoms with Crippen LogP contribution < -0.4 is 5.32 Å². The minimum atomic E-state index is -1.11. The molecule has 1 aliphatic carbocycles. The largest absolute Gasteiger partial charge is 0.481 e. The summed E-state index contributed by atoms with van der Waals surface area (Å²) in [6.45, 7) is 8.03. The summed E-state index contributed by atoms with van der Waals surface area (Å²) >= 11 is 0. The Balaban J connectivity index is 2.11. The Labute approximate surface area is 142 Å². The van der Waals surface area contributed by atoms with Crippen LogP contribution in [0, 0.1) is 23.7 Å². The molecule has 6 nitrogen and oxygen atoms in total. The second-order valence-electron chi connectivity index (χ2n) is 7.42. The van der Waals surface area contributed by atoms with Crippen LogP contribution in [0.1, 0.15) is 53.4 Å². The molecule has 0 aromatic carbocycles. The maximum Gasteiger partial charge on any atom is 0.336 e. The summed E-state index contributed by atoms with van der Waals surface area (Å²) in [6.07, 6.45) is 2.38. The predicted molar refractivity (Wildman–Crippen MR) is 87.8 cm³/mol. The lowest BCUT2D eigenvalue weighted by molar-refractivity contribution is -0.151. The van der Waals surface area contributed by atoms with Crippen molar-refractivity contribution >= 4 is 17.8 Å². The van der Waals surface area contributed by atoms with Gasteiger partial charge in [-0.2, -0.15) is 0 Å². The van der Waals surface area contributed by atoms with E-state index in [9.17, 15) is 14.4 Å². The van der Waals surface area contributed by atoms with Gasteiger partial charge in [-0.3, -0.25) is 9.59 Å². The van der Waals surface area contributed by atoms with Crippen molar-refractivity contribution in [3.8, 4) is 0 Å². The normalized spacial score (nSPS) is 30.5. The molecule has 0 radical (unpaired) electrons. The Kier molecular flexibility index (Phi) is 5.67. The fourth-order valence-electron chi connectivity index (χ4n) is 3.68. The molecule has 24 heavy (non-hydrogen) atoms. The molecule has 1 fully saturated rings. The number of aliphatic carboxylic acids is 1. The highest BCUT2D eigenvalue weighted by atomic mass is 16.5. The minimum absolute atomic E-state index is 0.168. The quantitative estimate of drug-likeness (QED) is 0.752. The fourth-order valence-corrected chi connectivity index (χ4v) is 3.68. The van der Waals surface area contributed by atoms with Crippen molar-refractivity contribution in [1.29, 1.82) is 0 Å². The van der Waals surface area contributed by atoms with Gasteiger partial charge in [0.2, 0.25) is 5.91 Å². The Hall–Kier alpha value is -1.85. The van der Waals surface area contributed by atoms with Gasteiger partial charge in [-0.25, -0.2) is 4.79 Å². The van der Waals surface area contributed by atoms with E-state index in [0.29, 0.717) is 17.5 Å². The Morgan fingerprint density at radius 2 is 2.00 bits per heavy atom. The van der Waals surface area contributed by atoms with Gasteiger partial charge in [-0.1, -0.05) is 20.8 Å². The molecule has 0 aromatic heterocycles. The van der Waals surface area contributed by atoms with Crippen LogP contribution in [-0.2, 0) is 19.1 Å². The van der Waals surface area contributed by atoms with Crippen LogP contribution in [0.2, 0.25) is 0 Å². The molecule has 0 saturated heterocycles. The molecule has 1 amide bonds. The van der Waals surface area contributed by atoms with Crippen molar-refractivity contribution in [2.45, 2.75) is 59.5 Å². The van der Waals surface area contributed by atoms with Gasteiger partial charge >= 0.3 is 11.9 Å². The zero-order valence-electron chi connectivity index (χ0n) is 14.8. The third-order valence-corrected chi connectivity index (χ3v) is 5.34. The number of carbonyl (C=O) groups excluding carboxylic acids is 2. The van der Waals surface area contributed by atoms with Crippen LogP contribution in [0.4, 0.5) is 0 Å². The molecule has 2 aliphatic rings. The second-order valence-corrected chi connectivity index (χ2v) is 7.42. The molecule has 0 unspecified atom stereocenters. The Bertz CT molecular complexity index is 566. The summed E-state index contributed by atoms with van der Waals surface area (Å²) in [5, 5.41) is 11.5. The molecular weight excluding hydrogens is 310 g/mol. The monoisotopic (exact) mass is 337 g/mol. The van der Waals surface area contributed by atoms with Gasteiger partial charge in [0.15, 0.2) is 0 Å². The summed E-state index contributed by atoms with van der Waals surface area (Å²) < 4.78 is 5.72. The van der Waals surface area contributed by atoms with E-state index >= 15 is 0 Å². The number of hydrogen-bond donors (Lipinski definition) is 2. The van der Waals surface area contributed by atoms with Crippen LogP contribution in [0.5, 0.6) is 0 Å². The lowest BCUT2D eigenvalue weighted by Crippen LogP contribution is -2.35. The van der Waals surface area contributed by atoms with E-state index in [-0.39, 0.29) is 17.6 Å². The smallest absolute Gasteiger partial charge is 0.336 e. The zero-order valence-corrected chi connectivity index (χ0v) is 14.8. The van der Waals surface area contributed by atoms with E-state index in [0.717, 1.165) is 19.3 Å². The molecule has 1 saturated carbocycles. The van der Waals surface area contributed by atoms with E-state index < -0.39 is 30.2 Å². The van der Waals surface area contributed by atoms with Crippen molar-refractivity contribution in [2.75, 3.05) is 0 Å². The third-order valence-electron chi connectivity index (χ3n) is 5.34. The molecule has 0 bridgehead atoms. The second kappa shape index (κ2) is 7.36. The van der Waals surface area contributed by atoms with Crippen molar-refractivity contribution < 1.29 is 24.2 Å². The van der Waals surface area contributed by atoms with E-state index in [1.165, 1.54) is 0 Å². The minimum Gasteiger partial charge on any atom is -0.481 e. The van der Waals surface area contributed by atoms with Crippen molar-refractivity contribution in [3.63, 3.8) is 0 Å². The molecule has 2 rings (SSSR count). The molecule has 4 atom stereocenters. The average molecular weight is 337 g/mol. The fraction of sp³-hybridized carbons (Fsp3) is 0.722. The average Bonchev–Trinajstić information content (AvgIpc) is 2.74. The van der Waals surface area contributed by atoms with E-state index in [1.54, 1.807) is 6.92 Å². The van der Waals surface area contributed by atoms with Crippen molar-refractivity contribution in [1.82, 2.24) is 5.32 Å². The van der Waals surface area contributed by atoms with E-state index in [1.807, 2.05) is 0 Å². The molecule has 6 heteroatoms. The van der Waals surface area contributed by atoms with Gasteiger partial charge in [-0.15, -0.1) is 0 Å². The molecule has 0 aromatic rings. The van der Waals surface area contributed by atoms with Gasteiger partial charge in [0, 0.05) is 5.70 Å². The van der Waals surface area contributed by atoms with Crippen LogP contribution in [0.25, 0.3) is 0 Å². The lowest BCUT2D eigenvalue weighted by Gasteiger charge is -2.35. The first-order valence-electron chi connectivity index (χ1n) is 8.65. The van der Waals surface area contributed by atoms with Crippen LogP contribution in [0.15, 0.2) is 11.3 Å². The molecular formula is C18H27NO5. The van der Waals surface area contributed by atoms with E-state index in [2.05, 4.69) is 26.1 Å². The van der Waals surface area contributed by atoms with Gasteiger partial charge in [0.1, 0.15) is 6.10 Å². The zero-order chi connectivity index (χ0) is 18.0. The number of nitrogens with one attached hydrogen (secondary N) is 1. The molecule has 1 heterocycles. The van der Waals surface area contributed by atoms with Gasteiger partial charge < -0.3 is 15.2 Å². The lowest BCUT2D eigenvalue weighted by atomic mass is 9.76. The standard InChI is InChI=1S/C18H27NO5/c1-9(2)12-6-5-10(3)14(7-12)24-18(23)16-11(4)19-17(22)13(16)8-15(20)21/h9-10,12-14H,5-8H2,1-4H3,(H,19,22)(H,20,21)/t10-,12+,13+,14+/m0/s1. The van der Waals surface area contributed by atoms with Gasteiger partial charge in [0.25, 0.3) is 0 Å². The van der Waals surface area contributed by atoms with Crippen LogP contribution in [0.3, 0.4) is 0 Å². The molecule has 2 N–H and O–H groups in total. The van der Waals surface area contributed by atoms with Crippen LogP contribution in [-0.4, -0.2) is 29.1 Å². The van der Waals surface area contributed by atoms with Gasteiger partial charge in [0.05, 0.1) is 17.9 Å². The highest BCUT2D eigenvalue weighted by Gasteiger charge is 2.40. The Morgan fingerprint density at radius 1 is 1.33 bits per heavy atom. The number of ether oxygens (including phenoxy) is 1. The topological polar surface area (TPSA) is 92.7 Å². The SMILES string of the molecule is CC1=C(C(=O)O[C@@H]2C[C@H](C(C)C)CC[C@@H]2C)[C@@H](CC(=O)O)C(=O)N1. The third kappa shape index (κ3) is 3.97. The number of rotatable bonds is 5.